The van der Waals surface area contributed by atoms with Crippen molar-refractivity contribution in [3.63, 3.8) is 0 Å². The van der Waals surface area contributed by atoms with Crippen LogP contribution in [0, 0.1) is 5.92 Å². The van der Waals surface area contributed by atoms with Gasteiger partial charge in [0.05, 0.1) is 17.7 Å². The van der Waals surface area contributed by atoms with E-state index in [-0.39, 0.29) is 35.4 Å². The molecule has 11 heteroatoms. The molecule has 0 bridgehead atoms. The van der Waals surface area contributed by atoms with Crippen LogP contribution in [-0.2, 0) is 32.6 Å². The van der Waals surface area contributed by atoms with E-state index in [0.29, 0.717) is 27.9 Å². The first kappa shape index (κ1) is 34.8. The van der Waals surface area contributed by atoms with Gasteiger partial charge in [-0.05, 0) is 53.4 Å². The molecule has 4 rings (SSSR count). The summed E-state index contributed by atoms with van der Waals surface area (Å²) in [5.41, 5.74) is 1.60. The third-order valence-electron chi connectivity index (χ3n) is 7.26. The number of hydrogen-bond acceptors (Lipinski definition) is 5. The number of benzene rings is 4. The van der Waals surface area contributed by atoms with E-state index < -0.39 is 28.5 Å². The Morgan fingerprint density at radius 1 is 0.870 bits per heavy atom. The average Bonchev–Trinajstić information content (AvgIpc) is 3.05. The van der Waals surface area contributed by atoms with Crippen LogP contribution in [-0.4, -0.2) is 51.4 Å². The van der Waals surface area contributed by atoms with Gasteiger partial charge in [-0.3, -0.25) is 13.9 Å². The second kappa shape index (κ2) is 16.0. The van der Waals surface area contributed by atoms with Crippen LogP contribution in [0.4, 0.5) is 5.69 Å². The van der Waals surface area contributed by atoms with Gasteiger partial charge in [-0.15, -0.1) is 0 Å². The monoisotopic (exact) mass is 681 g/mol. The molecule has 0 aromatic heterocycles. The van der Waals surface area contributed by atoms with Crippen molar-refractivity contribution in [2.24, 2.45) is 5.92 Å². The highest BCUT2D eigenvalue weighted by Crippen LogP contribution is 2.29. The van der Waals surface area contributed by atoms with Crippen molar-refractivity contribution in [2.45, 2.75) is 37.8 Å². The molecule has 0 saturated heterocycles. The highest BCUT2D eigenvalue weighted by atomic mass is 35.5. The number of methoxy groups -OCH3 is 1. The van der Waals surface area contributed by atoms with Gasteiger partial charge >= 0.3 is 0 Å². The second-order valence-corrected chi connectivity index (χ2v) is 13.8. The summed E-state index contributed by atoms with van der Waals surface area (Å²) in [6.45, 7) is 3.68. The molecule has 46 heavy (non-hydrogen) atoms. The number of carbonyl (C=O) groups excluding carboxylic acids is 2. The van der Waals surface area contributed by atoms with Crippen LogP contribution in [0.1, 0.15) is 25.0 Å². The lowest BCUT2D eigenvalue weighted by Gasteiger charge is -2.34. The standard InChI is InChI=1S/C35H37Cl2N3O5S/c1-25(2)22-38-35(42)33(19-26-11-6-4-7-12-26)39(23-27-17-18-28(36)20-32(27)37)34(41)24-40(29-13-10-14-30(21-29)45-3)46(43,44)31-15-8-5-9-16-31/h4-18,20-21,25,33H,19,22-24H2,1-3H3,(H,38,42). The van der Waals surface area contributed by atoms with E-state index in [1.165, 1.54) is 24.1 Å². The summed E-state index contributed by atoms with van der Waals surface area (Å²) < 4.78 is 34.6. The Morgan fingerprint density at radius 3 is 2.17 bits per heavy atom. The molecule has 0 aliphatic rings. The molecule has 4 aromatic carbocycles. The molecule has 0 spiro atoms. The first-order valence-electron chi connectivity index (χ1n) is 14.8. The summed E-state index contributed by atoms with van der Waals surface area (Å²) in [6.07, 6.45) is 0.187. The number of sulfonamides is 1. The summed E-state index contributed by atoms with van der Waals surface area (Å²) >= 11 is 12.7. The SMILES string of the molecule is COc1cccc(N(CC(=O)N(Cc2ccc(Cl)cc2Cl)C(Cc2ccccc2)C(=O)NCC(C)C)S(=O)(=O)c2ccccc2)c1. The Labute approximate surface area is 280 Å². The predicted molar refractivity (Wildman–Crippen MR) is 183 cm³/mol. The number of ether oxygens (including phenoxy) is 1. The Kier molecular flexibility index (Phi) is 12.1. The van der Waals surface area contributed by atoms with Crippen LogP contribution < -0.4 is 14.4 Å². The lowest BCUT2D eigenvalue weighted by molar-refractivity contribution is -0.140. The Balaban J connectivity index is 1.82. The van der Waals surface area contributed by atoms with Crippen molar-refractivity contribution in [3.8, 4) is 5.75 Å². The van der Waals surface area contributed by atoms with E-state index in [9.17, 15) is 18.0 Å². The van der Waals surface area contributed by atoms with E-state index in [0.717, 1.165) is 9.87 Å². The molecule has 0 fully saturated rings. The summed E-state index contributed by atoms with van der Waals surface area (Å²) in [7, 11) is -2.76. The van der Waals surface area contributed by atoms with Crippen LogP contribution in [0.5, 0.6) is 5.75 Å². The van der Waals surface area contributed by atoms with E-state index in [2.05, 4.69) is 5.32 Å². The first-order valence-corrected chi connectivity index (χ1v) is 17.0. The van der Waals surface area contributed by atoms with Gasteiger partial charge < -0.3 is 15.0 Å². The zero-order valence-corrected chi connectivity index (χ0v) is 28.2. The summed E-state index contributed by atoms with van der Waals surface area (Å²) in [5, 5.41) is 3.70. The van der Waals surface area contributed by atoms with Gasteiger partial charge in [0.25, 0.3) is 10.0 Å². The lowest BCUT2D eigenvalue weighted by Crippen LogP contribution is -2.53. The van der Waals surface area contributed by atoms with Gasteiger partial charge in [-0.2, -0.15) is 0 Å². The minimum atomic E-state index is -4.23. The Bertz CT molecular complexity index is 1740. The maximum atomic E-state index is 14.6. The molecule has 1 unspecified atom stereocenters. The molecule has 1 atom stereocenters. The fourth-order valence-corrected chi connectivity index (χ4v) is 6.72. The zero-order valence-electron chi connectivity index (χ0n) is 25.9. The molecule has 4 aromatic rings. The number of nitrogens with zero attached hydrogens (tertiary/aromatic N) is 2. The van der Waals surface area contributed by atoms with Crippen LogP contribution in [0.25, 0.3) is 0 Å². The molecule has 2 amide bonds. The van der Waals surface area contributed by atoms with Crippen molar-refractivity contribution in [1.82, 2.24) is 10.2 Å². The van der Waals surface area contributed by atoms with Crippen LogP contribution in [0.3, 0.4) is 0 Å². The van der Waals surface area contributed by atoms with Crippen molar-refractivity contribution in [3.05, 3.63) is 124 Å². The van der Waals surface area contributed by atoms with E-state index >= 15 is 0 Å². The molecule has 0 aliphatic carbocycles. The third-order valence-corrected chi connectivity index (χ3v) is 9.64. The summed E-state index contributed by atoms with van der Waals surface area (Å²) in [4.78, 5) is 29.8. The maximum Gasteiger partial charge on any atom is 0.264 e. The van der Waals surface area contributed by atoms with Gasteiger partial charge in [0.15, 0.2) is 0 Å². The number of nitrogens with one attached hydrogen (secondary N) is 1. The first-order chi connectivity index (χ1) is 22.0. The van der Waals surface area contributed by atoms with Crippen molar-refractivity contribution in [2.75, 3.05) is 24.5 Å². The highest BCUT2D eigenvalue weighted by molar-refractivity contribution is 7.92. The molecule has 8 nitrogen and oxygen atoms in total. The van der Waals surface area contributed by atoms with E-state index in [4.69, 9.17) is 27.9 Å². The number of carbonyl (C=O) groups is 2. The predicted octanol–water partition coefficient (Wildman–Crippen LogP) is 6.61. The second-order valence-electron chi connectivity index (χ2n) is 11.1. The van der Waals surface area contributed by atoms with Gasteiger partial charge in [0.2, 0.25) is 11.8 Å². The summed E-state index contributed by atoms with van der Waals surface area (Å²) in [5.74, 6) is -0.391. The summed E-state index contributed by atoms with van der Waals surface area (Å²) in [6, 6.07) is 27.6. The molecule has 0 heterocycles. The molecule has 0 aliphatic heterocycles. The maximum absolute atomic E-state index is 14.6. The average molecular weight is 683 g/mol. The molecule has 242 valence electrons. The smallest absolute Gasteiger partial charge is 0.264 e. The molecule has 0 saturated carbocycles. The van der Waals surface area contributed by atoms with Crippen molar-refractivity contribution < 1.29 is 22.7 Å². The fourth-order valence-electron chi connectivity index (χ4n) is 4.82. The van der Waals surface area contributed by atoms with E-state index in [1.807, 2.05) is 44.2 Å². The van der Waals surface area contributed by atoms with Crippen LogP contribution in [0.2, 0.25) is 10.0 Å². The zero-order chi connectivity index (χ0) is 33.3. The number of anilines is 1. The van der Waals surface area contributed by atoms with Gasteiger partial charge in [-0.1, -0.05) is 97.7 Å². The third kappa shape index (κ3) is 9.02. The Morgan fingerprint density at radius 2 is 1.54 bits per heavy atom. The van der Waals surface area contributed by atoms with E-state index in [1.54, 1.807) is 60.7 Å². The number of hydrogen-bond donors (Lipinski definition) is 1. The largest absolute Gasteiger partial charge is 0.497 e. The number of amides is 2. The topological polar surface area (TPSA) is 96.0 Å². The van der Waals surface area contributed by atoms with Crippen LogP contribution in [0.15, 0.2) is 108 Å². The fraction of sp³-hybridized carbons (Fsp3) is 0.257. The van der Waals surface area contributed by atoms with Crippen molar-refractivity contribution >= 4 is 50.7 Å². The van der Waals surface area contributed by atoms with Gasteiger partial charge in [-0.25, -0.2) is 8.42 Å². The Hall–Kier alpha value is -4.05. The minimum Gasteiger partial charge on any atom is -0.497 e. The molecule has 0 radical (unpaired) electrons. The van der Waals surface area contributed by atoms with Gasteiger partial charge in [0, 0.05) is 35.6 Å². The highest BCUT2D eigenvalue weighted by Gasteiger charge is 2.35. The lowest BCUT2D eigenvalue weighted by atomic mass is 10.0. The number of rotatable bonds is 14. The number of halogens is 2. The minimum absolute atomic E-state index is 0.00780. The normalized spacial score (nSPS) is 12.0. The van der Waals surface area contributed by atoms with Crippen molar-refractivity contribution in [1.29, 1.82) is 0 Å². The molecule has 1 N–H and O–H groups in total. The van der Waals surface area contributed by atoms with Gasteiger partial charge in [0.1, 0.15) is 18.3 Å². The van der Waals surface area contributed by atoms with Crippen LogP contribution >= 0.6 is 23.2 Å². The molecular weight excluding hydrogens is 645 g/mol. The molecular formula is C35H37Cl2N3O5S. The quantitative estimate of drug-likeness (QED) is 0.162.